The molecule has 7 rings (SSSR count). The first-order valence-corrected chi connectivity index (χ1v) is 14.0. The fourth-order valence-electron chi connectivity index (χ4n) is 5.72. The molecular formula is C33H24N2O5S. The van der Waals surface area contributed by atoms with Crippen molar-refractivity contribution in [1.82, 2.24) is 4.57 Å². The number of hydrogen-bond acceptors (Lipinski definition) is 6. The van der Waals surface area contributed by atoms with Gasteiger partial charge in [0.25, 0.3) is 5.56 Å². The van der Waals surface area contributed by atoms with Gasteiger partial charge in [0.2, 0.25) is 0 Å². The summed E-state index contributed by atoms with van der Waals surface area (Å²) in [6.45, 7) is 0. The Morgan fingerprint density at radius 2 is 1.83 bits per heavy atom. The maximum Gasteiger partial charge on any atom is 0.336 e. The molecule has 0 fully saturated rings. The van der Waals surface area contributed by atoms with Crippen LogP contribution in [-0.4, -0.2) is 22.8 Å². The zero-order chi connectivity index (χ0) is 28.1. The predicted molar refractivity (Wildman–Crippen MR) is 157 cm³/mol. The Kier molecular flexibility index (Phi) is 6.05. The molecule has 1 atom stereocenters. The van der Waals surface area contributed by atoms with Gasteiger partial charge in [0, 0.05) is 17.2 Å². The lowest BCUT2D eigenvalue weighted by molar-refractivity contribution is 0.0697. The van der Waals surface area contributed by atoms with Crippen LogP contribution < -0.4 is 19.6 Å². The van der Waals surface area contributed by atoms with E-state index in [0.29, 0.717) is 26.4 Å². The Bertz CT molecular complexity index is 2060. The van der Waals surface area contributed by atoms with Crippen molar-refractivity contribution in [2.75, 3.05) is 7.11 Å². The third kappa shape index (κ3) is 4.24. The molecule has 0 amide bonds. The summed E-state index contributed by atoms with van der Waals surface area (Å²) in [6, 6.07) is 26.0. The quantitative estimate of drug-likeness (QED) is 0.316. The number of furan rings is 1. The van der Waals surface area contributed by atoms with Crippen LogP contribution in [0.5, 0.6) is 5.75 Å². The lowest BCUT2D eigenvalue weighted by Gasteiger charge is -2.31. The Labute approximate surface area is 238 Å². The molecule has 7 nitrogen and oxygen atoms in total. The van der Waals surface area contributed by atoms with Crippen LogP contribution in [0.25, 0.3) is 23.1 Å². The number of fused-ring (bicyclic) bond motifs is 3. The van der Waals surface area contributed by atoms with E-state index >= 15 is 0 Å². The lowest BCUT2D eigenvalue weighted by Crippen LogP contribution is -2.38. The molecule has 0 saturated carbocycles. The number of aromatic carboxylic acids is 1. The molecule has 3 aromatic carbocycles. The summed E-state index contributed by atoms with van der Waals surface area (Å²) in [5.74, 6) is 0.570. The van der Waals surface area contributed by atoms with Crippen molar-refractivity contribution < 1.29 is 19.1 Å². The van der Waals surface area contributed by atoms with E-state index < -0.39 is 5.97 Å². The van der Waals surface area contributed by atoms with E-state index in [1.54, 1.807) is 48.1 Å². The summed E-state index contributed by atoms with van der Waals surface area (Å²) in [5, 5.41) is 9.59. The van der Waals surface area contributed by atoms with Gasteiger partial charge in [0.15, 0.2) is 4.80 Å². The van der Waals surface area contributed by atoms with Gasteiger partial charge in [0.05, 0.1) is 28.9 Å². The third-order valence-corrected chi connectivity index (χ3v) is 8.59. The first-order valence-electron chi connectivity index (χ1n) is 13.2. The highest BCUT2D eigenvalue weighted by molar-refractivity contribution is 7.07. The summed E-state index contributed by atoms with van der Waals surface area (Å²) in [4.78, 5) is 31.4. The number of nitrogens with zero attached hydrogens (tertiary/aromatic N) is 2. The minimum atomic E-state index is -1.03. The number of rotatable bonds is 5. The minimum Gasteiger partial charge on any atom is -0.497 e. The summed E-state index contributed by atoms with van der Waals surface area (Å²) in [6.07, 6.45) is 3.38. The maximum absolute atomic E-state index is 14.0. The largest absolute Gasteiger partial charge is 0.497 e. The molecule has 2 aromatic heterocycles. The number of carbonyl (C=O) groups is 1. The number of allylic oxidation sites excluding steroid dienone is 1. The van der Waals surface area contributed by atoms with E-state index in [1.807, 2.05) is 36.4 Å². The van der Waals surface area contributed by atoms with E-state index in [0.717, 1.165) is 41.0 Å². The van der Waals surface area contributed by atoms with E-state index in [-0.39, 0.29) is 17.2 Å². The SMILES string of the molecule is COc1cccc(C2C3=C(N=c4sc(=Cc5ccc(-c6ccccc6C(=O)O)o5)c(=O)n42)c2ccccc2CC3)c1. The zero-order valence-electron chi connectivity index (χ0n) is 22.0. The van der Waals surface area contributed by atoms with E-state index in [9.17, 15) is 14.7 Å². The fourth-order valence-corrected chi connectivity index (χ4v) is 6.70. The van der Waals surface area contributed by atoms with Gasteiger partial charge in [-0.15, -0.1) is 0 Å². The standard InChI is InChI=1S/C33H24N2O5S/c1-39-21-9-6-8-20(17-21)30-26-15-13-19-7-2-3-10-23(19)29(26)34-33-35(30)31(36)28(41-33)18-22-14-16-27(40-22)24-11-4-5-12-25(24)32(37)38/h2-12,14,16-18,30H,13,15H2,1H3,(H,37,38). The second kappa shape index (κ2) is 9.91. The summed E-state index contributed by atoms with van der Waals surface area (Å²) in [5.41, 5.74) is 5.83. The van der Waals surface area contributed by atoms with Gasteiger partial charge >= 0.3 is 5.97 Å². The van der Waals surface area contributed by atoms with Gasteiger partial charge in [0.1, 0.15) is 17.3 Å². The fraction of sp³-hybridized carbons (Fsp3) is 0.121. The number of carboxylic acids is 1. The average molecular weight is 561 g/mol. The van der Waals surface area contributed by atoms with E-state index in [1.165, 1.54) is 23.0 Å². The van der Waals surface area contributed by atoms with Crippen LogP contribution in [0.1, 0.15) is 45.3 Å². The second-order valence-corrected chi connectivity index (χ2v) is 11.0. The van der Waals surface area contributed by atoms with Crippen molar-refractivity contribution in [1.29, 1.82) is 0 Å². The molecule has 1 aliphatic carbocycles. The van der Waals surface area contributed by atoms with Crippen molar-refractivity contribution >= 4 is 29.1 Å². The summed E-state index contributed by atoms with van der Waals surface area (Å²) < 4.78 is 13.8. The molecular weight excluding hydrogens is 536 g/mol. The smallest absolute Gasteiger partial charge is 0.336 e. The number of thiazole rings is 1. The summed E-state index contributed by atoms with van der Waals surface area (Å²) in [7, 11) is 1.64. The number of carboxylic acid groups (broad SMARTS) is 1. The Morgan fingerprint density at radius 1 is 1.02 bits per heavy atom. The van der Waals surface area contributed by atoms with Crippen LogP contribution in [0.3, 0.4) is 0 Å². The first-order chi connectivity index (χ1) is 20.0. The van der Waals surface area contributed by atoms with Gasteiger partial charge in [-0.3, -0.25) is 9.36 Å². The molecule has 3 heterocycles. The topological polar surface area (TPSA) is 94.0 Å². The Hall–Kier alpha value is -4.95. The van der Waals surface area contributed by atoms with Gasteiger partial charge in [-0.05, 0) is 59.9 Å². The number of benzene rings is 3. The molecule has 1 N–H and O–H groups in total. The molecule has 1 aliphatic heterocycles. The predicted octanol–water partition coefficient (Wildman–Crippen LogP) is 5.29. The van der Waals surface area contributed by atoms with Crippen LogP contribution in [0.2, 0.25) is 0 Å². The lowest BCUT2D eigenvalue weighted by atomic mass is 9.83. The monoisotopic (exact) mass is 560 g/mol. The Balaban J connectivity index is 1.40. The molecule has 0 radical (unpaired) electrons. The summed E-state index contributed by atoms with van der Waals surface area (Å²) >= 11 is 1.32. The molecule has 1 unspecified atom stereocenters. The average Bonchev–Trinajstić information content (AvgIpc) is 3.60. The van der Waals surface area contributed by atoms with Gasteiger partial charge < -0.3 is 14.3 Å². The highest BCUT2D eigenvalue weighted by Crippen LogP contribution is 2.41. The normalized spacial score (nSPS) is 16.0. The molecule has 41 heavy (non-hydrogen) atoms. The van der Waals surface area contributed by atoms with Gasteiger partial charge in [-0.2, -0.15) is 0 Å². The number of hydrogen-bond donors (Lipinski definition) is 1. The van der Waals surface area contributed by atoms with Crippen LogP contribution in [-0.2, 0) is 6.42 Å². The molecule has 202 valence electrons. The Morgan fingerprint density at radius 3 is 2.66 bits per heavy atom. The van der Waals surface area contributed by atoms with Crippen LogP contribution in [0.4, 0.5) is 0 Å². The number of ether oxygens (including phenoxy) is 1. The number of methoxy groups -OCH3 is 1. The van der Waals surface area contributed by atoms with Crippen molar-refractivity contribution in [2.24, 2.45) is 4.99 Å². The molecule has 5 aromatic rings. The molecule has 8 heteroatoms. The highest BCUT2D eigenvalue weighted by Gasteiger charge is 2.32. The van der Waals surface area contributed by atoms with Gasteiger partial charge in [-0.1, -0.05) is 65.9 Å². The third-order valence-electron chi connectivity index (χ3n) is 7.61. The van der Waals surface area contributed by atoms with Gasteiger partial charge in [-0.25, -0.2) is 9.79 Å². The molecule has 0 spiro atoms. The van der Waals surface area contributed by atoms with E-state index in [2.05, 4.69) is 12.1 Å². The second-order valence-electron chi connectivity index (χ2n) is 9.94. The molecule has 0 bridgehead atoms. The van der Waals surface area contributed by atoms with E-state index in [4.69, 9.17) is 14.1 Å². The van der Waals surface area contributed by atoms with Crippen LogP contribution in [0.15, 0.2) is 105 Å². The van der Waals surface area contributed by atoms with Crippen LogP contribution in [0, 0.1) is 0 Å². The van der Waals surface area contributed by atoms with Crippen molar-refractivity contribution in [2.45, 2.75) is 18.9 Å². The van der Waals surface area contributed by atoms with Crippen LogP contribution >= 0.6 is 11.3 Å². The zero-order valence-corrected chi connectivity index (χ0v) is 22.9. The molecule has 2 aliphatic rings. The number of aryl methyl sites for hydroxylation is 1. The minimum absolute atomic E-state index is 0.150. The number of aromatic nitrogens is 1. The van der Waals surface area contributed by atoms with Crippen molar-refractivity contribution in [3.05, 3.63) is 138 Å². The molecule has 0 saturated heterocycles. The van der Waals surface area contributed by atoms with Crippen molar-refractivity contribution in [3.8, 4) is 17.1 Å². The van der Waals surface area contributed by atoms with Crippen molar-refractivity contribution in [3.63, 3.8) is 0 Å². The highest BCUT2D eigenvalue weighted by atomic mass is 32.1. The first kappa shape index (κ1) is 25.0. The maximum atomic E-state index is 14.0.